The van der Waals surface area contributed by atoms with Crippen LogP contribution in [-0.4, -0.2) is 29.8 Å². The SMILES string of the molecule is ClC(Cl)Cl.F[B-](F)(F)F.F[B-](F)(F)F.Fc1ccc(P(c2ccc(F)cc2)c2ccc(F)cc2)cc1.Fc1ccc(P(c2ccc(F)cc2)c2ccc(F)cc2)cc1.Fc1ccc(P(c2ccc(F)cc2)c2ccc(F)cc2)cc1.O.O.[Ag+].[Pd+2].[Pd].[Pd].[S-]c1ccc(Cl)cc1.[S-]c1ccc(Cl)cc1.[S-]c1ccc(Cl)cc1. The van der Waals surface area contributed by atoms with Crippen molar-refractivity contribution in [2.45, 2.75) is 19.0 Å². The molecule has 0 unspecified atom stereocenters. The minimum atomic E-state index is -6.00. The van der Waals surface area contributed by atoms with Crippen molar-refractivity contribution in [3.05, 3.63) is 359 Å². The average Bonchev–Trinajstić information content (AvgIpc) is 0.823. The summed E-state index contributed by atoms with van der Waals surface area (Å²) in [5, 5.41) is 10.5. The molecule has 600 valence electrons. The van der Waals surface area contributed by atoms with Crippen molar-refractivity contribution in [2.75, 3.05) is 0 Å². The number of hydrogen-bond donors (Lipinski definition) is 0. The molecule has 12 aromatic rings. The van der Waals surface area contributed by atoms with E-state index >= 15 is 0 Å². The fourth-order valence-electron chi connectivity index (χ4n) is 7.96. The third kappa shape index (κ3) is 47.7. The van der Waals surface area contributed by atoms with E-state index in [1.54, 1.807) is 182 Å². The monoisotopic (exact) mass is 2130 g/mol. The maximum absolute atomic E-state index is 13.2. The molecule has 12 rings (SSSR count). The molecule has 0 saturated carbocycles. The van der Waals surface area contributed by atoms with Crippen LogP contribution in [-0.2, 0) is 122 Å². The van der Waals surface area contributed by atoms with Crippen LogP contribution in [0.1, 0.15) is 0 Å². The van der Waals surface area contributed by atoms with Crippen molar-refractivity contribution in [3.8, 4) is 0 Å². The van der Waals surface area contributed by atoms with Gasteiger partial charge in [0, 0.05) is 55.9 Å². The van der Waals surface area contributed by atoms with E-state index in [2.05, 4.69) is 0 Å². The minimum absolute atomic E-state index is 0. The molecule has 0 spiro atoms. The second kappa shape index (κ2) is 57.9. The van der Waals surface area contributed by atoms with Gasteiger partial charge in [0.2, 0.25) is 0 Å². The number of alkyl halides is 3. The Hall–Kier alpha value is -4.08. The first-order chi connectivity index (χ1) is 49.0. The van der Waals surface area contributed by atoms with E-state index in [9.17, 15) is 74.0 Å². The summed E-state index contributed by atoms with van der Waals surface area (Å²) < 4.78 is 196. The first-order valence-corrected chi connectivity index (χ1v) is 36.8. The molecule has 0 aliphatic rings. The van der Waals surface area contributed by atoms with Crippen molar-refractivity contribution in [2.24, 2.45) is 0 Å². The van der Waals surface area contributed by atoms with Crippen LogP contribution in [0, 0.1) is 52.4 Å². The number of benzene rings is 12. The van der Waals surface area contributed by atoms with Crippen LogP contribution in [0.2, 0.25) is 15.1 Å². The van der Waals surface area contributed by atoms with Crippen molar-refractivity contribution in [1.82, 2.24) is 0 Å². The molecule has 12 aromatic carbocycles. The summed E-state index contributed by atoms with van der Waals surface area (Å²) in [6.45, 7) is 0. The quantitative estimate of drug-likeness (QED) is 0.0476. The van der Waals surface area contributed by atoms with Gasteiger partial charge in [-0.05, 0) is 217 Å². The molecule has 0 aromatic heterocycles. The molecule has 37 heteroatoms. The summed E-state index contributed by atoms with van der Waals surface area (Å²) in [6.07, 6.45) is 0. The van der Waals surface area contributed by atoms with E-state index in [0.29, 0.717) is 0 Å². The predicted octanol–water partition coefficient (Wildman–Crippen LogP) is 21.3. The van der Waals surface area contributed by atoms with Gasteiger partial charge in [-0.3, -0.25) is 0 Å². The maximum Gasteiger partial charge on any atom is 2.00 e. The zero-order chi connectivity index (χ0) is 77.1. The van der Waals surface area contributed by atoms with Crippen LogP contribution in [0.4, 0.5) is 74.0 Å². The Morgan fingerprint density at radius 1 is 0.227 bits per heavy atom. The fourth-order valence-corrected chi connectivity index (χ4v) is 15.5. The van der Waals surface area contributed by atoms with Crippen LogP contribution >= 0.6 is 93.4 Å². The summed E-state index contributed by atoms with van der Waals surface area (Å²) in [5.74, 6) is -2.78. The second-order valence-electron chi connectivity index (χ2n) is 19.9. The van der Waals surface area contributed by atoms with Crippen LogP contribution in [0.5, 0.6) is 0 Å². The van der Waals surface area contributed by atoms with Crippen molar-refractivity contribution in [3.63, 3.8) is 0 Å². The van der Waals surface area contributed by atoms with Gasteiger partial charge in [-0.1, -0.05) is 215 Å². The molecule has 2 nitrogen and oxygen atoms in total. The minimum Gasteiger partial charge on any atom is -0.780 e. The van der Waals surface area contributed by atoms with Crippen LogP contribution in [0.3, 0.4) is 0 Å². The van der Waals surface area contributed by atoms with Crippen molar-refractivity contribution < 1.29 is 169 Å². The standard InChI is InChI=1S/3C18H12F3P.3C6H5ClS.CHCl3.Ag.2BF4.2H2O.3Pd/c3*19-13-1-7-16(8-2-13)22(17-9-3-14(20)4-10-17)18-11-5-15(21)6-12-18;3*7-5-1-3-6(8)4-2-5;2-1(3)4;;2*2-1(3,4)5;;;;;/h3*1-12H;3*1-4,8H;1H;;;;2*1H2;;;/q;;;;;;;+1;2*-1;;;;;+2/p-3. The molecule has 0 fully saturated rings. The first kappa shape index (κ1) is 110. The van der Waals surface area contributed by atoms with Gasteiger partial charge in [0.25, 0.3) is 0 Å². The molecule has 4 N–H and O–H groups in total. The maximum atomic E-state index is 13.2. The van der Waals surface area contributed by atoms with Gasteiger partial charge in [0.05, 0.1) is 0 Å². The third-order valence-electron chi connectivity index (χ3n) is 12.2. The second-order valence-corrected chi connectivity index (χ2v) is 31.3. The Morgan fingerprint density at radius 2 is 0.309 bits per heavy atom. The molecule has 110 heavy (non-hydrogen) atoms. The Labute approximate surface area is 732 Å². The topological polar surface area (TPSA) is 63.0 Å². The molecule has 0 saturated heterocycles. The molecule has 0 radical (unpaired) electrons. The van der Waals surface area contributed by atoms with E-state index in [0.717, 1.165) is 77.5 Å². The van der Waals surface area contributed by atoms with Crippen LogP contribution < -0.4 is 47.7 Å². The molecule has 0 atom stereocenters. The summed E-state index contributed by atoms with van der Waals surface area (Å²) >= 11 is 45.6. The van der Waals surface area contributed by atoms with E-state index in [-0.39, 0.29) is 147 Å². The van der Waals surface area contributed by atoms with Gasteiger partial charge in [-0.15, -0.1) is 0 Å². The van der Waals surface area contributed by atoms with E-state index in [1.807, 2.05) is 0 Å². The molecule has 0 aliphatic carbocycles. The Balaban J connectivity index is -0.00000124. The zero-order valence-corrected chi connectivity index (χ0v) is 70.8. The first-order valence-electron chi connectivity index (χ1n) is 29.1. The predicted molar refractivity (Wildman–Crippen MR) is 415 cm³/mol. The fraction of sp³-hybridized carbons (Fsp3) is 0.0137. The molecule has 0 bridgehead atoms. The summed E-state index contributed by atoms with van der Waals surface area (Å²) in [6, 6.07) is 77.6. The van der Waals surface area contributed by atoms with E-state index in [4.69, 9.17) is 107 Å². The normalized spacial score (nSPS) is 9.95. The Morgan fingerprint density at radius 3 is 0.382 bits per heavy atom. The van der Waals surface area contributed by atoms with E-state index in [1.165, 1.54) is 109 Å². The van der Waals surface area contributed by atoms with Crippen LogP contribution in [0.25, 0.3) is 0 Å². The zero-order valence-electron chi connectivity index (χ0n) is 55.0. The summed E-state index contributed by atoms with van der Waals surface area (Å²) in [4.78, 5) is 2.48. The van der Waals surface area contributed by atoms with Gasteiger partial charge in [-0.2, -0.15) is 14.7 Å². The summed E-state index contributed by atoms with van der Waals surface area (Å²) in [7, 11) is -14.9. The average molecular weight is 2140 g/mol. The number of hydrogen-bond acceptors (Lipinski definition) is 3. The number of halogens is 23. The van der Waals surface area contributed by atoms with Gasteiger partial charge in [0.15, 0.2) is 4.30 Å². The van der Waals surface area contributed by atoms with Crippen molar-refractivity contribution >= 4 is 194 Å². The van der Waals surface area contributed by atoms with Gasteiger partial charge < -0.3 is 83.4 Å². The van der Waals surface area contributed by atoms with Gasteiger partial charge in [-0.25, -0.2) is 39.5 Å². The summed E-state index contributed by atoms with van der Waals surface area (Å²) in [5.41, 5.74) is 0. The van der Waals surface area contributed by atoms with Gasteiger partial charge >= 0.3 is 57.3 Å². The van der Waals surface area contributed by atoms with Crippen LogP contribution in [0.15, 0.2) is 306 Å². The smallest absolute Gasteiger partial charge is 0.780 e. The molecule has 0 heterocycles. The molecular weight excluding hydrogens is 2080 g/mol. The van der Waals surface area contributed by atoms with Gasteiger partial charge in [0.1, 0.15) is 52.4 Å². The Kier molecular flexibility index (Phi) is 57.9. The third-order valence-corrected chi connectivity index (χ3v) is 21.1. The molecule has 0 amide bonds. The molecular formula is C73H53AgB2Cl6F17O2P3Pd3S3-2. The number of rotatable bonds is 9. The Bertz CT molecular complexity index is 3580. The molecule has 0 aliphatic heterocycles. The largest absolute Gasteiger partial charge is 2.00 e. The van der Waals surface area contributed by atoms with Crippen molar-refractivity contribution in [1.29, 1.82) is 0 Å². The van der Waals surface area contributed by atoms with E-state index < -0.39 is 42.6 Å².